The summed E-state index contributed by atoms with van der Waals surface area (Å²) in [6.45, 7) is 7.62. The second-order valence-corrected chi connectivity index (χ2v) is 12.2. The van der Waals surface area contributed by atoms with E-state index in [0.717, 1.165) is 11.1 Å². The molecule has 0 aliphatic rings. The van der Waals surface area contributed by atoms with Gasteiger partial charge >= 0.3 is 6.09 Å². The minimum absolute atomic E-state index is 0.0207. The number of aliphatic hydroxyl groups excluding tert-OH is 1. The number of nitrogens with two attached hydrogens (primary N) is 2. The summed E-state index contributed by atoms with van der Waals surface area (Å²) in [5, 5.41) is 25.3. The van der Waals surface area contributed by atoms with Crippen molar-refractivity contribution >= 4 is 29.8 Å². The Labute approximate surface area is 282 Å². The van der Waals surface area contributed by atoms with Gasteiger partial charge in [-0.1, -0.05) is 88.4 Å². The number of carbonyl (C=O) groups excluding carboxylic acids is 4. The molecule has 0 heterocycles. The van der Waals surface area contributed by atoms with Crippen LogP contribution in [0.5, 0.6) is 0 Å². The van der Waals surface area contributed by atoms with Gasteiger partial charge in [0.15, 0.2) is 0 Å². The van der Waals surface area contributed by atoms with Crippen LogP contribution in [0.4, 0.5) is 4.79 Å². The van der Waals surface area contributed by atoms with E-state index in [-0.39, 0.29) is 49.8 Å². The molecule has 264 valence electrons. The van der Waals surface area contributed by atoms with E-state index in [1.165, 1.54) is 0 Å². The van der Waals surface area contributed by atoms with Gasteiger partial charge in [-0.3, -0.25) is 14.4 Å². The normalized spacial score (nSPS) is 13.4. The van der Waals surface area contributed by atoms with Gasteiger partial charge < -0.3 is 47.4 Å². The van der Waals surface area contributed by atoms with Gasteiger partial charge in [-0.05, 0) is 41.0 Å². The summed E-state index contributed by atoms with van der Waals surface area (Å²) < 4.78 is 5.27. The predicted molar refractivity (Wildman–Crippen MR) is 182 cm³/mol. The Morgan fingerprint density at radius 3 is 2.06 bits per heavy atom. The maximum Gasteiger partial charge on any atom is 0.408 e. The van der Waals surface area contributed by atoms with Gasteiger partial charge in [0, 0.05) is 13.0 Å². The van der Waals surface area contributed by atoms with E-state index < -0.39 is 42.1 Å². The van der Waals surface area contributed by atoms with Crippen LogP contribution in [0, 0.1) is 11.8 Å². The molecule has 0 saturated heterocycles. The Morgan fingerprint density at radius 1 is 0.854 bits per heavy atom. The third-order valence-corrected chi connectivity index (χ3v) is 7.23. The first-order chi connectivity index (χ1) is 22.8. The largest absolute Gasteiger partial charge is 0.445 e. The molecule has 0 aliphatic heterocycles. The third-order valence-electron chi connectivity index (χ3n) is 7.23. The Balaban J connectivity index is 2.05. The molecule has 4 amide bonds. The van der Waals surface area contributed by atoms with Crippen molar-refractivity contribution in [3.8, 4) is 0 Å². The molecule has 2 aromatic carbocycles. The van der Waals surface area contributed by atoms with Crippen LogP contribution in [0.1, 0.15) is 58.1 Å². The van der Waals surface area contributed by atoms with E-state index >= 15 is 0 Å². The van der Waals surface area contributed by atoms with Gasteiger partial charge in [-0.25, -0.2) is 4.79 Å². The summed E-state index contributed by atoms with van der Waals surface area (Å²) in [6, 6.07) is 15.7. The lowest BCUT2D eigenvalue weighted by molar-refractivity contribution is -0.132. The molecule has 2 aromatic rings. The summed E-state index contributed by atoms with van der Waals surface area (Å²) in [7, 11) is 0. The summed E-state index contributed by atoms with van der Waals surface area (Å²) in [5.41, 5.74) is 12.4. The van der Waals surface area contributed by atoms with E-state index in [2.05, 4.69) is 26.4 Å². The molecule has 9 N–H and O–H groups in total. The van der Waals surface area contributed by atoms with E-state index in [1.54, 1.807) is 38.1 Å². The van der Waals surface area contributed by atoms with Gasteiger partial charge in [0.2, 0.25) is 23.7 Å². The molecular formula is C34H51N7O7. The van der Waals surface area contributed by atoms with Crippen molar-refractivity contribution in [3.05, 3.63) is 71.8 Å². The van der Waals surface area contributed by atoms with Crippen LogP contribution in [0.15, 0.2) is 65.8 Å². The maximum atomic E-state index is 13.6. The second-order valence-electron chi connectivity index (χ2n) is 12.2. The molecule has 0 saturated carbocycles. The number of alkyl carbamates (subject to hydrolysis) is 1. The Hall–Kier alpha value is -4.85. The fraction of sp³-hybridized carbons (Fsp3) is 0.500. The van der Waals surface area contributed by atoms with Crippen molar-refractivity contribution in [1.82, 2.24) is 21.3 Å². The fourth-order valence-corrected chi connectivity index (χ4v) is 4.74. The van der Waals surface area contributed by atoms with Crippen LogP contribution >= 0.6 is 0 Å². The highest BCUT2D eigenvalue weighted by Crippen LogP contribution is 2.13. The monoisotopic (exact) mass is 669 g/mol. The molecular weight excluding hydrogens is 618 g/mol. The van der Waals surface area contributed by atoms with Crippen molar-refractivity contribution in [1.29, 1.82) is 0 Å². The summed E-state index contributed by atoms with van der Waals surface area (Å²) >= 11 is 0. The van der Waals surface area contributed by atoms with Crippen LogP contribution in [0.2, 0.25) is 0 Å². The van der Waals surface area contributed by atoms with E-state index in [4.69, 9.17) is 21.0 Å². The lowest BCUT2D eigenvalue weighted by Crippen LogP contribution is -2.58. The minimum atomic E-state index is -1.17. The van der Waals surface area contributed by atoms with E-state index in [0.29, 0.717) is 19.4 Å². The van der Waals surface area contributed by atoms with E-state index in [1.807, 2.05) is 50.2 Å². The van der Waals surface area contributed by atoms with Crippen molar-refractivity contribution in [3.63, 3.8) is 0 Å². The molecule has 0 bridgehead atoms. The molecule has 48 heavy (non-hydrogen) atoms. The Morgan fingerprint density at radius 2 is 1.48 bits per heavy atom. The number of nitrogens with zero attached hydrogens (tertiary/aromatic N) is 1. The lowest BCUT2D eigenvalue weighted by Gasteiger charge is -2.30. The van der Waals surface area contributed by atoms with Gasteiger partial charge in [-0.2, -0.15) is 0 Å². The van der Waals surface area contributed by atoms with Crippen molar-refractivity contribution in [2.45, 2.75) is 84.2 Å². The Bertz CT molecular complexity index is 1310. The number of benzene rings is 2. The standard InChI is InChI=1S/C34H51N7O7/c1-22(2)19-27(28(42)20-29(43)37-17-15-24-11-7-5-8-12-24)38-32(45)30(23(3)4)40-31(44)26(16-18-48-41-33(35)36)39-34(46)47-21-25-13-9-6-10-14-25/h5-14,22-23,26-28,30,42H,15-21H2,1-4H3,(H,37,43)(H,38,45)(H,39,46)(H,40,44)(H4,35,36,41)/t26-,27-,28-,30-/m0/s1. The van der Waals surface area contributed by atoms with Crippen molar-refractivity contribution in [2.75, 3.05) is 13.2 Å². The number of oxime groups is 1. The number of hydrogen-bond acceptors (Lipinski definition) is 8. The first-order valence-electron chi connectivity index (χ1n) is 16.1. The van der Waals surface area contributed by atoms with Gasteiger partial charge in [-0.15, -0.1) is 0 Å². The molecule has 14 nitrogen and oxygen atoms in total. The van der Waals surface area contributed by atoms with Crippen LogP contribution in [-0.2, 0) is 37.0 Å². The van der Waals surface area contributed by atoms with Crippen molar-refractivity contribution in [2.24, 2.45) is 28.5 Å². The van der Waals surface area contributed by atoms with Gasteiger partial charge in [0.1, 0.15) is 25.3 Å². The number of amides is 4. The number of nitrogens with one attached hydrogen (secondary N) is 4. The summed E-state index contributed by atoms with van der Waals surface area (Å²) in [4.78, 5) is 57.2. The molecule has 0 fully saturated rings. The Kier molecular flexibility index (Phi) is 17.3. The smallest absolute Gasteiger partial charge is 0.408 e. The van der Waals surface area contributed by atoms with Crippen LogP contribution in [-0.4, -0.2) is 72.3 Å². The number of hydrogen-bond donors (Lipinski definition) is 7. The van der Waals surface area contributed by atoms with Crippen LogP contribution in [0.25, 0.3) is 0 Å². The van der Waals surface area contributed by atoms with Gasteiger partial charge in [0.05, 0.1) is 18.6 Å². The summed E-state index contributed by atoms with van der Waals surface area (Å²) in [5.74, 6) is -2.17. The number of guanidine groups is 1. The first-order valence-corrected chi connectivity index (χ1v) is 16.1. The lowest BCUT2D eigenvalue weighted by atomic mass is 9.95. The minimum Gasteiger partial charge on any atom is -0.445 e. The zero-order valence-electron chi connectivity index (χ0n) is 28.2. The quantitative estimate of drug-likeness (QED) is 0.0471. The molecule has 2 rings (SSSR count). The second kappa shape index (κ2) is 21.1. The highest BCUT2D eigenvalue weighted by Gasteiger charge is 2.32. The SMILES string of the molecule is CC(C)C[C@H](NC(=O)[C@@H](NC(=O)[C@H](CCON=C(N)N)NC(=O)OCc1ccccc1)C(C)C)[C@@H](O)CC(=O)NCCc1ccccc1. The molecule has 0 aliphatic carbocycles. The predicted octanol–water partition coefficient (Wildman–Crippen LogP) is 1.66. The average Bonchev–Trinajstić information content (AvgIpc) is 3.04. The number of aliphatic hydroxyl groups is 1. The first kappa shape index (κ1) is 39.3. The number of rotatable bonds is 20. The van der Waals surface area contributed by atoms with Gasteiger partial charge in [0.25, 0.3) is 0 Å². The zero-order chi connectivity index (χ0) is 35.5. The third kappa shape index (κ3) is 15.6. The molecule has 0 spiro atoms. The molecule has 0 aromatic heterocycles. The topological polar surface area (TPSA) is 219 Å². The maximum absolute atomic E-state index is 13.6. The fourth-order valence-electron chi connectivity index (χ4n) is 4.74. The van der Waals surface area contributed by atoms with E-state index in [9.17, 15) is 24.3 Å². The molecule has 0 radical (unpaired) electrons. The van der Waals surface area contributed by atoms with Crippen LogP contribution < -0.4 is 32.7 Å². The number of carbonyl (C=O) groups is 4. The summed E-state index contributed by atoms with van der Waals surface area (Å²) in [6.07, 6.45) is -1.25. The molecule has 14 heteroatoms. The molecule has 4 atom stereocenters. The number of ether oxygens (including phenoxy) is 1. The highest BCUT2D eigenvalue weighted by molar-refractivity contribution is 5.91. The molecule has 0 unspecified atom stereocenters. The van der Waals surface area contributed by atoms with Crippen LogP contribution in [0.3, 0.4) is 0 Å². The average molecular weight is 670 g/mol. The highest BCUT2D eigenvalue weighted by atomic mass is 16.6. The zero-order valence-corrected chi connectivity index (χ0v) is 28.2. The van der Waals surface area contributed by atoms with Crippen molar-refractivity contribution < 1.29 is 33.9 Å².